The van der Waals surface area contributed by atoms with Crippen molar-refractivity contribution in [2.75, 3.05) is 0 Å². The van der Waals surface area contributed by atoms with Crippen LogP contribution in [0.25, 0.3) is 0 Å². The van der Waals surface area contributed by atoms with Gasteiger partial charge in [-0.1, -0.05) is 12.1 Å². The Bertz CT molecular complexity index is 251. The van der Waals surface area contributed by atoms with Crippen molar-refractivity contribution in [3.63, 3.8) is 0 Å². The van der Waals surface area contributed by atoms with Crippen molar-refractivity contribution in [1.82, 2.24) is 0 Å². The molecule has 4 nitrogen and oxygen atoms in total. The summed E-state index contributed by atoms with van der Waals surface area (Å²) in [5.41, 5.74) is 0. The number of ether oxygens (including phenoxy) is 4. The highest BCUT2D eigenvalue weighted by atomic mass is 28.3. The van der Waals surface area contributed by atoms with Gasteiger partial charge >= 0.3 is 0 Å². The van der Waals surface area contributed by atoms with Gasteiger partial charge in [0, 0.05) is 19.0 Å². The molecule has 0 aromatic heterocycles. The Morgan fingerprint density at radius 3 is 0.958 bits per heavy atom. The van der Waals surface area contributed by atoms with Crippen LogP contribution < -0.4 is 0 Å². The van der Waals surface area contributed by atoms with Crippen LogP contribution in [0.15, 0.2) is 0 Å². The van der Waals surface area contributed by atoms with Crippen molar-refractivity contribution in [3.05, 3.63) is 0 Å². The second kappa shape index (κ2) is 13.5. The first-order valence-electron chi connectivity index (χ1n) is 9.71. The summed E-state index contributed by atoms with van der Waals surface area (Å²) in [4.78, 5) is 0. The molecule has 0 saturated heterocycles. The first-order valence-corrected chi connectivity index (χ1v) is 13.3. The number of rotatable bonds is 14. The van der Waals surface area contributed by atoms with E-state index in [0.29, 0.717) is 0 Å². The highest BCUT2D eigenvalue weighted by molar-refractivity contribution is 6.58. The normalized spacial score (nSPS) is 15.1. The molecule has 0 unspecified atom stereocenters. The van der Waals surface area contributed by atoms with Crippen LogP contribution in [0, 0.1) is 0 Å². The Balaban J connectivity index is 4.25. The molecule has 0 aromatic rings. The minimum absolute atomic E-state index is 0.0252. The Morgan fingerprint density at radius 2 is 0.750 bits per heavy atom. The molecule has 6 heteroatoms. The first-order chi connectivity index (χ1) is 11.1. The van der Waals surface area contributed by atoms with E-state index in [4.69, 9.17) is 18.9 Å². The van der Waals surface area contributed by atoms with Crippen LogP contribution in [-0.2, 0) is 18.9 Å². The van der Waals surface area contributed by atoms with Gasteiger partial charge < -0.3 is 18.9 Å². The molecule has 0 spiro atoms. The van der Waals surface area contributed by atoms with E-state index in [0.717, 1.165) is 17.3 Å². The van der Waals surface area contributed by atoms with E-state index in [2.05, 4.69) is 62.3 Å². The Labute approximate surface area is 155 Å². The molecular weight excluding hydrogens is 336 g/mol. The molecule has 0 radical (unpaired) electrons. The van der Waals surface area contributed by atoms with Gasteiger partial charge in [-0.05, 0) is 67.5 Å². The third-order valence-corrected chi connectivity index (χ3v) is 9.52. The second-order valence-corrected chi connectivity index (χ2v) is 14.1. The Hall–Kier alpha value is 0.274. The smallest absolute Gasteiger partial charge is 0.155 e. The number of hydrogen-bond acceptors (Lipinski definition) is 4. The summed E-state index contributed by atoms with van der Waals surface area (Å²) >= 11 is 0. The molecule has 0 N–H and O–H groups in total. The van der Waals surface area contributed by atoms with E-state index >= 15 is 0 Å². The van der Waals surface area contributed by atoms with Crippen LogP contribution in [0.5, 0.6) is 0 Å². The maximum atomic E-state index is 5.92. The molecule has 0 aliphatic rings. The summed E-state index contributed by atoms with van der Waals surface area (Å²) in [5.74, 6) is 0. The monoisotopic (exact) mass is 378 g/mol. The SMILES string of the molecule is CC(C)OC(C[SiH2]C(C)[SiH2]CC(OC(C)C)OC(C)C)OC(C)C. The average molecular weight is 379 g/mol. The lowest BCUT2D eigenvalue weighted by atomic mass is 10.4. The third kappa shape index (κ3) is 14.6. The molecule has 0 bridgehead atoms. The summed E-state index contributed by atoms with van der Waals surface area (Å²) in [5, 5.41) is 0.869. The highest BCUT2D eigenvalue weighted by Gasteiger charge is 2.18. The summed E-state index contributed by atoms with van der Waals surface area (Å²) in [6.07, 6.45) is 0.833. The van der Waals surface area contributed by atoms with Crippen molar-refractivity contribution < 1.29 is 18.9 Å². The van der Waals surface area contributed by atoms with E-state index in [1.165, 1.54) is 0 Å². The topological polar surface area (TPSA) is 36.9 Å². The van der Waals surface area contributed by atoms with Crippen molar-refractivity contribution in [1.29, 1.82) is 0 Å². The van der Waals surface area contributed by atoms with E-state index in [9.17, 15) is 0 Å². The molecule has 146 valence electrons. The van der Waals surface area contributed by atoms with Crippen LogP contribution in [0.2, 0.25) is 17.3 Å². The molecule has 24 heavy (non-hydrogen) atoms. The van der Waals surface area contributed by atoms with E-state index in [1.807, 2.05) is 0 Å². The Kier molecular flexibility index (Phi) is 13.6. The van der Waals surface area contributed by atoms with Crippen molar-refractivity contribution in [2.24, 2.45) is 0 Å². The van der Waals surface area contributed by atoms with Gasteiger partial charge in [-0.3, -0.25) is 0 Å². The molecule has 0 aliphatic carbocycles. The lowest BCUT2D eigenvalue weighted by molar-refractivity contribution is -0.169. The second-order valence-electron chi connectivity index (χ2n) is 7.86. The van der Waals surface area contributed by atoms with Gasteiger partial charge in [0.2, 0.25) is 0 Å². The largest absolute Gasteiger partial charge is 0.350 e. The van der Waals surface area contributed by atoms with Gasteiger partial charge in [0.25, 0.3) is 0 Å². The zero-order valence-electron chi connectivity index (χ0n) is 17.5. The summed E-state index contributed by atoms with van der Waals surface area (Å²) in [6, 6.07) is 2.20. The minimum Gasteiger partial charge on any atom is -0.350 e. The van der Waals surface area contributed by atoms with Gasteiger partial charge in [-0.25, -0.2) is 0 Å². The van der Waals surface area contributed by atoms with Gasteiger partial charge in [0.1, 0.15) is 0 Å². The number of hydrogen-bond donors (Lipinski definition) is 0. The van der Waals surface area contributed by atoms with Crippen molar-refractivity contribution in [2.45, 2.75) is 117 Å². The van der Waals surface area contributed by atoms with Crippen molar-refractivity contribution in [3.8, 4) is 0 Å². The fourth-order valence-electron chi connectivity index (χ4n) is 2.54. The van der Waals surface area contributed by atoms with Gasteiger partial charge in [-0.15, -0.1) is 0 Å². The van der Waals surface area contributed by atoms with E-state index < -0.39 is 0 Å². The van der Waals surface area contributed by atoms with Crippen LogP contribution >= 0.6 is 0 Å². The minimum atomic E-state index is -0.194. The first kappa shape index (κ1) is 24.3. The molecule has 0 amide bonds. The van der Waals surface area contributed by atoms with Crippen LogP contribution in [-0.4, -0.2) is 56.0 Å². The maximum absolute atomic E-state index is 5.92. The van der Waals surface area contributed by atoms with Crippen molar-refractivity contribution >= 4 is 19.0 Å². The molecule has 0 fully saturated rings. The lowest BCUT2D eigenvalue weighted by Crippen LogP contribution is -2.29. The Morgan fingerprint density at radius 1 is 0.500 bits per heavy atom. The average Bonchev–Trinajstić information content (AvgIpc) is 2.39. The molecule has 0 saturated carbocycles. The van der Waals surface area contributed by atoms with Gasteiger partial charge in [-0.2, -0.15) is 0 Å². The fraction of sp³-hybridized carbons (Fsp3) is 1.00. The fourth-order valence-corrected chi connectivity index (χ4v) is 7.33. The van der Waals surface area contributed by atoms with E-state index in [1.54, 1.807) is 0 Å². The standard InChI is InChI=1S/C18H42O4Si2/c1-12(2)19-17(20-13(3)4)10-23-16(9)24-11-18(21-14(5)6)22-15(7)8/h12-18H,10-11,23-24H2,1-9H3. The zero-order valence-corrected chi connectivity index (χ0v) is 20.3. The van der Waals surface area contributed by atoms with Crippen LogP contribution in [0.4, 0.5) is 0 Å². The van der Waals surface area contributed by atoms with Gasteiger partial charge in [0.05, 0.1) is 24.4 Å². The summed E-state index contributed by atoms with van der Waals surface area (Å²) in [7, 11) is -0.388. The van der Waals surface area contributed by atoms with Gasteiger partial charge in [0.15, 0.2) is 12.6 Å². The predicted octanol–water partition coefficient (Wildman–Crippen LogP) is 3.28. The van der Waals surface area contributed by atoms with Crippen LogP contribution in [0.3, 0.4) is 0 Å². The molecule has 0 heterocycles. The maximum Gasteiger partial charge on any atom is 0.155 e. The molecule has 0 rings (SSSR count). The zero-order chi connectivity index (χ0) is 18.7. The lowest BCUT2D eigenvalue weighted by Gasteiger charge is -2.25. The molecular formula is C18H42O4Si2. The predicted molar refractivity (Wildman–Crippen MR) is 109 cm³/mol. The highest BCUT2D eigenvalue weighted by Crippen LogP contribution is 2.15. The van der Waals surface area contributed by atoms with Crippen LogP contribution in [0.1, 0.15) is 62.3 Å². The molecule has 0 aromatic carbocycles. The summed E-state index contributed by atoms with van der Waals surface area (Å²) < 4.78 is 23.7. The summed E-state index contributed by atoms with van der Waals surface area (Å²) in [6.45, 7) is 19.0. The quantitative estimate of drug-likeness (QED) is 0.343. The molecule has 0 aliphatic heterocycles. The molecule has 0 atom stereocenters. The van der Waals surface area contributed by atoms with E-state index in [-0.39, 0.29) is 56.0 Å². The third-order valence-electron chi connectivity index (χ3n) is 3.49.